The summed E-state index contributed by atoms with van der Waals surface area (Å²) in [6, 6.07) is 10.1. The second-order valence-corrected chi connectivity index (χ2v) is 7.27. The molecule has 26 heavy (non-hydrogen) atoms. The lowest BCUT2D eigenvalue weighted by Gasteiger charge is -2.37. The summed E-state index contributed by atoms with van der Waals surface area (Å²) in [6.45, 7) is 7.41. The minimum atomic E-state index is -1.11. The van der Waals surface area contributed by atoms with Crippen molar-refractivity contribution in [2.24, 2.45) is 5.41 Å². The quantitative estimate of drug-likeness (QED) is 0.617. The first kappa shape index (κ1) is 19.9. The van der Waals surface area contributed by atoms with Gasteiger partial charge in [-0.2, -0.15) is 0 Å². The van der Waals surface area contributed by atoms with Crippen molar-refractivity contribution in [3.05, 3.63) is 35.9 Å². The maximum atomic E-state index is 12.8. The Hall–Kier alpha value is -2.37. The molecule has 1 fully saturated rings. The molecule has 0 bridgehead atoms. The lowest BCUT2D eigenvalue weighted by molar-refractivity contribution is -0.151. The number of rotatable bonds is 6. The smallest absolute Gasteiger partial charge is 0.237 e. The molecule has 6 nitrogen and oxygen atoms in total. The molecule has 1 heterocycles. The van der Waals surface area contributed by atoms with Crippen molar-refractivity contribution < 1.29 is 14.4 Å². The van der Waals surface area contributed by atoms with Gasteiger partial charge in [0.05, 0.1) is 0 Å². The fourth-order valence-electron chi connectivity index (χ4n) is 3.08. The zero-order chi connectivity index (χ0) is 19.2. The molecule has 0 radical (unpaired) electrons. The molecule has 1 aliphatic rings. The molecule has 0 atom stereocenters. The third-order valence-electron chi connectivity index (χ3n) is 4.89. The molecule has 0 saturated carbocycles. The zero-order valence-electron chi connectivity index (χ0n) is 16.0. The van der Waals surface area contributed by atoms with Gasteiger partial charge in [-0.25, -0.2) is 0 Å². The highest BCUT2D eigenvalue weighted by Gasteiger charge is 2.39. The van der Waals surface area contributed by atoms with Crippen LogP contribution >= 0.6 is 0 Å². The number of nitrogens with one attached hydrogen (secondary N) is 1. The molecule has 1 N–H and O–H groups in total. The van der Waals surface area contributed by atoms with Crippen LogP contribution in [0.3, 0.4) is 0 Å². The first-order valence-electron chi connectivity index (χ1n) is 9.19. The number of aryl methyl sites for hydroxylation is 1. The first-order chi connectivity index (χ1) is 12.3. The lowest BCUT2D eigenvalue weighted by Crippen LogP contribution is -2.56. The number of benzene rings is 1. The van der Waals surface area contributed by atoms with Crippen LogP contribution in [0.25, 0.3) is 0 Å². The summed E-state index contributed by atoms with van der Waals surface area (Å²) in [7, 11) is 0. The van der Waals surface area contributed by atoms with Crippen molar-refractivity contribution in [1.82, 2.24) is 15.1 Å². The summed E-state index contributed by atoms with van der Waals surface area (Å²) in [6.07, 6.45) is 1.72. The van der Waals surface area contributed by atoms with Gasteiger partial charge in [0.25, 0.3) is 0 Å². The molecule has 0 aliphatic carbocycles. The largest absolute Gasteiger partial charge is 0.355 e. The van der Waals surface area contributed by atoms with E-state index >= 15 is 0 Å². The van der Waals surface area contributed by atoms with Crippen LogP contribution in [0.4, 0.5) is 0 Å². The molecule has 6 heteroatoms. The van der Waals surface area contributed by atoms with Gasteiger partial charge in [0.2, 0.25) is 17.7 Å². The van der Waals surface area contributed by atoms with Gasteiger partial charge in [-0.3, -0.25) is 14.4 Å². The Morgan fingerprint density at radius 2 is 1.58 bits per heavy atom. The third-order valence-corrected chi connectivity index (χ3v) is 4.89. The number of carbonyl (C=O) groups excluding carboxylic acids is 3. The number of carbonyl (C=O) groups is 3. The summed E-state index contributed by atoms with van der Waals surface area (Å²) >= 11 is 0. The topological polar surface area (TPSA) is 69.7 Å². The van der Waals surface area contributed by atoms with Gasteiger partial charge >= 0.3 is 0 Å². The van der Waals surface area contributed by atoms with Crippen molar-refractivity contribution in [3.63, 3.8) is 0 Å². The summed E-state index contributed by atoms with van der Waals surface area (Å²) in [5, 5.41) is 2.89. The van der Waals surface area contributed by atoms with Crippen molar-refractivity contribution in [2.75, 3.05) is 32.7 Å². The van der Waals surface area contributed by atoms with E-state index in [0.29, 0.717) is 32.7 Å². The Labute approximate surface area is 155 Å². The number of amides is 3. The van der Waals surface area contributed by atoms with E-state index in [0.717, 1.165) is 12.8 Å². The van der Waals surface area contributed by atoms with E-state index in [2.05, 4.69) is 17.4 Å². The van der Waals surface area contributed by atoms with Crippen LogP contribution < -0.4 is 5.32 Å². The van der Waals surface area contributed by atoms with Crippen LogP contribution in [0.5, 0.6) is 0 Å². The molecule has 0 unspecified atom stereocenters. The molecule has 1 aromatic carbocycles. The average molecular weight is 359 g/mol. The van der Waals surface area contributed by atoms with Gasteiger partial charge in [0.15, 0.2) is 0 Å². The predicted octanol–water partition coefficient (Wildman–Crippen LogP) is 1.45. The second kappa shape index (κ2) is 8.83. The summed E-state index contributed by atoms with van der Waals surface area (Å²) < 4.78 is 0. The van der Waals surface area contributed by atoms with E-state index < -0.39 is 5.41 Å². The zero-order valence-corrected chi connectivity index (χ0v) is 16.0. The number of hydrogen-bond donors (Lipinski definition) is 1. The first-order valence-corrected chi connectivity index (χ1v) is 9.19. The highest BCUT2D eigenvalue weighted by molar-refractivity contribution is 6.04. The van der Waals surface area contributed by atoms with Gasteiger partial charge in [0, 0.05) is 39.6 Å². The number of piperazine rings is 1. The van der Waals surface area contributed by atoms with Crippen molar-refractivity contribution in [3.8, 4) is 0 Å². The van der Waals surface area contributed by atoms with Gasteiger partial charge in [-0.1, -0.05) is 30.3 Å². The van der Waals surface area contributed by atoms with Crippen LogP contribution in [0, 0.1) is 5.41 Å². The Balaban J connectivity index is 1.79. The Kier molecular flexibility index (Phi) is 6.77. The second-order valence-electron chi connectivity index (χ2n) is 7.27. The molecule has 1 aliphatic heterocycles. The molecule has 1 aromatic rings. The van der Waals surface area contributed by atoms with Crippen LogP contribution in [-0.4, -0.2) is 60.2 Å². The molecule has 142 valence electrons. The fraction of sp³-hybridized carbons (Fsp3) is 0.550. The van der Waals surface area contributed by atoms with Crippen LogP contribution in [0.15, 0.2) is 30.3 Å². The number of nitrogens with zero attached hydrogens (tertiary/aromatic N) is 2. The monoisotopic (exact) mass is 359 g/mol. The molecular weight excluding hydrogens is 330 g/mol. The van der Waals surface area contributed by atoms with E-state index in [4.69, 9.17) is 0 Å². The minimum absolute atomic E-state index is 0.0209. The predicted molar refractivity (Wildman–Crippen MR) is 100 cm³/mol. The van der Waals surface area contributed by atoms with Gasteiger partial charge < -0.3 is 15.1 Å². The van der Waals surface area contributed by atoms with Gasteiger partial charge in [-0.15, -0.1) is 0 Å². The molecular formula is C20H29N3O3. The van der Waals surface area contributed by atoms with Crippen LogP contribution in [0.1, 0.15) is 32.8 Å². The summed E-state index contributed by atoms with van der Waals surface area (Å²) in [5.41, 5.74) is 0.130. The minimum Gasteiger partial charge on any atom is -0.355 e. The Morgan fingerprint density at radius 1 is 1.00 bits per heavy atom. The Morgan fingerprint density at radius 3 is 2.15 bits per heavy atom. The van der Waals surface area contributed by atoms with Gasteiger partial charge in [0.1, 0.15) is 5.41 Å². The maximum absolute atomic E-state index is 12.8. The number of hydrogen-bond acceptors (Lipinski definition) is 3. The van der Waals surface area contributed by atoms with Crippen LogP contribution in [0.2, 0.25) is 0 Å². The molecule has 1 saturated heterocycles. The maximum Gasteiger partial charge on any atom is 0.237 e. The molecule has 2 rings (SSSR count). The Bertz CT molecular complexity index is 635. The average Bonchev–Trinajstić information content (AvgIpc) is 2.65. The van der Waals surface area contributed by atoms with Crippen molar-refractivity contribution in [1.29, 1.82) is 0 Å². The third kappa shape index (κ3) is 5.07. The lowest BCUT2D eigenvalue weighted by atomic mass is 9.90. The SMILES string of the molecule is CC(=O)N1CCN(C(=O)C(C)(C)C(=O)NCCCc2ccccc2)CC1. The molecule has 0 spiro atoms. The highest BCUT2D eigenvalue weighted by atomic mass is 16.2. The van der Waals surface area contributed by atoms with Gasteiger partial charge in [-0.05, 0) is 32.3 Å². The normalized spacial score (nSPS) is 14.9. The van der Waals surface area contributed by atoms with E-state index in [1.807, 2.05) is 18.2 Å². The van der Waals surface area contributed by atoms with Crippen molar-refractivity contribution in [2.45, 2.75) is 33.6 Å². The highest BCUT2D eigenvalue weighted by Crippen LogP contribution is 2.20. The van der Waals surface area contributed by atoms with E-state index in [1.54, 1.807) is 23.6 Å². The fourth-order valence-corrected chi connectivity index (χ4v) is 3.08. The summed E-state index contributed by atoms with van der Waals surface area (Å²) in [5.74, 6) is -0.404. The summed E-state index contributed by atoms with van der Waals surface area (Å²) in [4.78, 5) is 40.1. The van der Waals surface area contributed by atoms with Crippen LogP contribution in [-0.2, 0) is 20.8 Å². The molecule has 0 aromatic heterocycles. The van der Waals surface area contributed by atoms with Crippen molar-refractivity contribution >= 4 is 17.7 Å². The van der Waals surface area contributed by atoms with E-state index in [1.165, 1.54) is 12.5 Å². The standard InChI is InChI=1S/C20H29N3O3/c1-16(24)22-12-14-23(15-13-22)19(26)20(2,3)18(25)21-11-7-10-17-8-5-4-6-9-17/h4-6,8-9H,7,10-15H2,1-3H3,(H,21,25). The molecule has 3 amide bonds. The van der Waals surface area contributed by atoms with E-state index in [-0.39, 0.29) is 17.7 Å². The van der Waals surface area contributed by atoms with E-state index in [9.17, 15) is 14.4 Å².